The van der Waals surface area contributed by atoms with E-state index in [0.29, 0.717) is 5.56 Å². The largest absolute Gasteiger partial charge is 0.496 e. The molecule has 0 atom stereocenters. The van der Waals surface area contributed by atoms with Gasteiger partial charge in [0.25, 0.3) is 5.69 Å². The van der Waals surface area contributed by atoms with Crippen LogP contribution >= 0.6 is 0 Å². The van der Waals surface area contributed by atoms with Crippen LogP contribution in [0.3, 0.4) is 0 Å². The Kier molecular flexibility index (Phi) is 5.10. The highest BCUT2D eigenvalue weighted by Gasteiger charge is 2.19. The molecule has 2 rings (SSSR count). The van der Waals surface area contributed by atoms with Crippen LogP contribution in [0.15, 0.2) is 42.5 Å². The van der Waals surface area contributed by atoms with Crippen molar-refractivity contribution >= 4 is 17.6 Å². The standard InChI is InChI=1S/C16H13NO7/c1-22-14-8-5-11(17(20)21)9-13(14)16(19)24-12-6-3-10(4-7-12)15(18)23-2/h3-9H,1-2H3. The first-order chi connectivity index (χ1) is 11.5. The van der Waals surface area contributed by atoms with E-state index in [1.54, 1.807) is 0 Å². The summed E-state index contributed by atoms with van der Waals surface area (Å²) in [7, 11) is 2.59. The molecule has 0 amide bonds. The molecule has 0 fully saturated rings. The van der Waals surface area contributed by atoms with Crippen LogP contribution in [0.4, 0.5) is 5.69 Å². The second-order valence-electron chi connectivity index (χ2n) is 4.55. The molecule has 0 aliphatic rings. The van der Waals surface area contributed by atoms with E-state index >= 15 is 0 Å². The van der Waals surface area contributed by atoms with Crippen LogP contribution < -0.4 is 9.47 Å². The smallest absolute Gasteiger partial charge is 0.347 e. The molecular formula is C16H13NO7. The topological polar surface area (TPSA) is 105 Å². The number of methoxy groups -OCH3 is 2. The number of hydrogen-bond acceptors (Lipinski definition) is 7. The molecule has 0 N–H and O–H groups in total. The molecule has 8 nitrogen and oxygen atoms in total. The minimum atomic E-state index is -0.818. The number of nitrogens with zero attached hydrogens (tertiary/aromatic N) is 1. The minimum Gasteiger partial charge on any atom is -0.496 e. The van der Waals surface area contributed by atoms with Crippen molar-refractivity contribution in [3.63, 3.8) is 0 Å². The van der Waals surface area contributed by atoms with E-state index in [1.807, 2.05) is 0 Å². The Morgan fingerprint density at radius 2 is 1.67 bits per heavy atom. The van der Waals surface area contributed by atoms with Crippen molar-refractivity contribution in [3.05, 3.63) is 63.7 Å². The predicted molar refractivity (Wildman–Crippen MR) is 82.4 cm³/mol. The van der Waals surface area contributed by atoms with Gasteiger partial charge in [-0.1, -0.05) is 0 Å². The summed E-state index contributed by atoms with van der Waals surface area (Å²) < 4.78 is 14.7. The van der Waals surface area contributed by atoms with Gasteiger partial charge in [-0.2, -0.15) is 0 Å². The van der Waals surface area contributed by atoms with Crippen LogP contribution in [0.25, 0.3) is 0 Å². The second-order valence-corrected chi connectivity index (χ2v) is 4.55. The van der Waals surface area contributed by atoms with Crippen LogP contribution in [0.5, 0.6) is 11.5 Å². The maximum Gasteiger partial charge on any atom is 0.347 e. The number of ether oxygens (including phenoxy) is 3. The van der Waals surface area contributed by atoms with E-state index in [-0.39, 0.29) is 22.7 Å². The van der Waals surface area contributed by atoms with E-state index in [4.69, 9.17) is 9.47 Å². The van der Waals surface area contributed by atoms with Crippen molar-refractivity contribution in [3.8, 4) is 11.5 Å². The zero-order chi connectivity index (χ0) is 17.7. The lowest BCUT2D eigenvalue weighted by atomic mass is 10.1. The Morgan fingerprint density at radius 3 is 2.21 bits per heavy atom. The van der Waals surface area contributed by atoms with E-state index in [2.05, 4.69) is 4.74 Å². The normalized spacial score (nSPS) is 9.92. The number of carbonyl (C=O) groups is 2. The number of carbonyl (C=O) groups excluding carboxylic acids is 2. The summed E-state index contributed by atoms with van der Waals surface area (Å²) in [5.74, 6) is -1.02. The van der Waals surface area contributed by atoms with Crippen LogP contribution in [-0.4, -0.2) is 31.1 Å². The van der Waals surface area contributed by atoms with E-state index in [0.717, 1.165) is 6.07 Å². The van der Waals surface area contributed by atoms with Gasteiger partial charge in [-0.25, -0.2) is 9.59 Å². The fraction of sp³-hybridized carbons (Fsp3) is 0.125. The third-order valence-electron chi connectivity index (χ3n) is 3.10. The number of non-ortho nitro benzene ring substituents is 1. The molecule has 0 aromatic heterocycles. The van der Waals surface area contributed by atoms with Crippen molar-refractivity contribution in [2.45, 2.75) is 0 Å². The molecule has 0 radical (unpaired) electrons. The fourth-order valence-electron chi connectivity index (χ4n) is 1.91. The Balaban J connectivity index is 2.24. The van der Waals surface area contributed by atoms with Crippen molar-refractivity contribution < 1.29 is 28.7 Å². The lowest BCUT2D eigenvalue weighted by molar-refractivity contribution is -0.384. The van der Waals surface area contributed by atoms with E-state index in [9.17, 15) is 19.7 Å². The average molecular weight is 331 g/mol. The van der Waals surface area contributed by atoms with Gasteiger partial charge in [0.2, 0.25) is 0 Å². The van der Waals surface area contributed by atoms with Crippen molar-refractivity contribution in [1.29, 1.82) is 0 Å². The molecule has 8 heteroatoms. The van der Waals surface area contributed by atoms with Gasteiger partial charge in [-0.05, 0) is 30.3 Å². The molecule has 2 aromatic carbocycles. The summed E-state index contributed by atoms with van der Waals surface area (Å²) in [5.41, 5.74) is -0.0437. The van der Waals surface area contributed by atoms with Crippen LogP contribution in [0.1, 0.15) is 20.7 Å². The molecule has 0 aliphatic carbocycles. The summed E-state index contributed by atoms with van der Waals surface area (Å²) >= 11 is 0. The lowest BCUT2D eigenvalue weighted by Gasteiger charge is -2.08. The predicted octanol–water partition coefficient (Wildman–Crippen LogP) is 2.61. The first-order valence-electron chi connectivity index (χ1n) is 6.69. The Bertz CT molecular complexity index is 784. The number of benzene rings is 2. The summed E-state index contributed by atoms with van der Waals surface area (Å²) in [6, 6.07) is 9.29. The number of rotatable bonds is 5. The molecule has 124 valence electrons. The maximum absolute atomic E-state index is 12.2. The van der Waals surface area contributed by atoms with Crippen molar-refractivity contribution in [2.24, 2.45) is 0 Å². The molecule has 0 unspecified atom stereocenters. The monoisotopic (exact) mass is 331 g/mol. The molecule has 24 heavy (non-hydrogen) atoms. The van der Waals surface area contributed by atoms with Gasteiger partial charge < -0.3 is 14.2 Å². The molecule has 0 bridgehead atoms. The molecule has 0 spiro atoms. The van der Waals surface area contributed by atoms with Crippen molar-refractivity contribution in [1.82, 2.24) is 0 Å². The molecule has 2 aromatic rings. The average Bonchev–Trinajstić information content (AvgIpc) is 2.60. The lowest BCUT2D eigenvalue weighted by Crippen LogP contribution is -2.11. The minimum absolute atomic E-state index is 0.0799. The number of nitro groups is 1. The maximum atomic E-state index is 12.2. The highest BCUT2D eigenvalue weighted by Crippen LogP contribution is 2.25. The Morgan fingerprint density at radius 1 is 1.00 bits per heavy atom. The first kappa shape index (κ1) is 16.9. The van der Waals surface area contributed by atoms with Gasteiger partial charge in [0.15, 0.2) is 0 Å². The van der Waals surface area contributed by atoms with E-state index in [1.165, 1.54) is 50.6 Å². The quantitative estimate of drug-likeness (QED) is 0.359. The number of hydrogen-bond donors (Lipinski definition) is 0. The third-order valence-corrected chi connectivity index (χ3v) is 3.10. The van der Waals surface area contributed by atoms with Crippen LogP contribution in [0.2, 0.25) is 0 Å². The zero-order valence-corrected chi connectivity index (χ0v) is 12.8. The Labute approximate surface area is 136 Å². The zero-order valence-electron chi connectivity index (χ0n) is 12.8. The second kappa shape index (κ2) is 7.23. The SMILES string of the molecule is COC(=O)c1ccc(OC(=O)c2cc([N+](=O)[O-])ccc2OC)cc1. The third kappa shape index (κ3) is 3.67. The number of esters is 2. The number of nitro benzene ring substituents is 1. The van der Waals surface area contributed by atoms with E-state index < -0.39 is 16.9 Å². The molecule has 0 heterocycles. The highest BCUT2D eigenvalue weighted by molar-refractivity contribution is 5.95. The van der Waals surface area contributed by atoms with Crippen molar-refractivity contribution in [2.75, 3.05) is 14.2 Å². The van der Waals surface area contributed by atoms with Gasteiger partial charge in [-0.15, -0.1) is 0 Å². The highest BCUT2D eigenvalue weighted by atomic mass is 16.6. The van der Waals surface area contributed by atoms with Gasteiger partial charge in [0, 0.05) is 12.1 Å². The van der Waals surface area contributed by atoms with Gasteiger partial charge in [0.1, 0.15) is 17.1 Å². The van der Waals surface area contributed by atoms with Crippen LogP contribution in [-0.2, 0) is 4.74 Å². The fourth-order valence-corrected chi connectivity index (χ4v) is 1.91. The van der Waals surface area contributed by atoms with Crippen LogP contribution in [0, 0.1) is 10.1 Å². The van der Waals surface area contributed by atoms with Gasteiger partial charge in [-0.3, -0.25) is 10.1 Å². The molecular weight excluding hydrogens is 318 g/mol. The molecule has 0 saturated carbocycles. The summed E-state index contributed by atoms with van der Waals surface area (Å²) in [5, 5.41) is 10.8. The van der Waals surface area contributed by atoms with Gasteiger partial charge >= 0.3 is 11.9 Å². The summed E-state index contributed by atoms with van der Waals surface area (Å²) in [6.07, 6.45) is 0. The molecule has 0 aliphatic heterocycles. The van der Waals surface area contributed by atoms with Gasteiger partial charge in [0.05, 0.1) is 24.7 Å². The Hall–Kier alpha value is -3.42. The summed E-state index contributed by atoms with van der Waals surface area (Å²) in [6.45, 7) is 0. The first-order valence-corrected chi connectivity index (χ1v) is 6.69. The molecule has 0 saturated heterocycles. The summed E-state index contributed by atoms with van der Waals surface area (Å²) in [4.78, 5) is 33.8.